The van der Waals surface area contributed by atoms with Gasteiger partial charge in [-0.2, -0.15) is 0 Å². The highest BCUT2D eigenvalue weighted by molar-refractivity contribution is 6.08. The smallest absolute Gasteiger partial charge is 0.235 e. The predicted octanol–water partition coefficient (Wildman–Crippen LogP) is 6.49. The van der Waals surface area contributed by atoms with Crippen LogP contribution in [0.1, 0.15) is 21.5 Å². The van der Waals surface area contributed by atoms with E-state index in [0.29, 0.717) is 27.9 Å². The van der Waals surface area contributed by atoms with Crippen molar-refractivity contribution in [2.75, 3.05) is 6.61 Å². The Hall–Kier alpha value is -4.18. The van der Waals surface area contributed by atoms with E-state index in [1.165, 1.54) is 0 Å². The Bertz CT molecular complexity index is 1560. The van der Waals surface area contributed by atoms with E-state index in [2.05, 4.69) is 0 Å². The van der Waals surface area contributed by atoms with E-state index in [0.717, 1.165) is 21.9 Å². The highest BCUT2D eigenvalue weighted by atomic mass is 16.5. The third-order valence-corrected chi connectivity index (χ3v) is 5.94. The number of Topliss-reactive ketones (excluding diaryl/α,β-unsaturated/α-hetero) is 1. The molecule has 0 fully saturated rings. The van der Waals surface area contributed by atoms with Crippen LogP contribution in [-0.4, -0.2) is 12.4 Å². The van der Waals surface area contributed by atoms with Gasteiger partial charge in [0.05, 0.1) is 5.39 Å². The van der Waals surface area contributed by atoms with Gasteiger partial charge in [0.1, 0.15) is 5.58 Å². The number of hydrogen-bond acceptors (Lipinski definition) is 4. The molecule has 0 aliphatic carbocycles. The second kappa shape index (κ2) is 8.40. The first-order valence-corrected chi connectivity index (χ1v) is 10.8. The molecule has 0 spiro atoms. The number of carbonyl (C=O) groups excluding carboxylic acids is 1. The molecule has 162 valence electrons. The largest absolute Gasteiger partial charge is 0.478 e. The number of benzene rings is 4. The monoisotopic (exact) mass is 434 g/mol. The second-order valence-corrected chi connectivity index (χ2v) is 8.13. The minimum atomic E-state index is -0.288. The molecule has 1 heterocycles. The van der Waals surface area contributed by atoms with E-state index in [-0.39, 0.29) is 23.6 Å². The molecule has 0 amide bonds. The van der Waals surface area contributed by atoms with Crippen molar-refractivity contribution in [2.24, 2.45) is 0 Å². The van der Waals surface area contributed by atoms with Gasteiger partial charge in [0.25, 0.3) is 0 Å². The summed E-state index contributed by atoms with van der Waals surface area (Å²) in [5.74, 6) is 0.165. The molecule has 0 aliphatic rings. The van der Waals surface area contributed by atoms with Crippen LogP contribution in [0, 0.1) is 13.8 Å². The van der Waals surface area contributed by atoms with Gasteiger partial charge in [-0.15, -0.1) is 0 Å². The van der Waals surface area contributed by atoms with Crippen molar-refractivity contribution in [3.8, 4) is 17.1 Å². The summed E-state index contributed by atoms with van der Waals surface area (Å²) in [4.78, 5) is 26.5. The van der Waals surface area contributed by atoms with Gasteiger partial charge in [-0.1, -0.05) is 72.8 Å². The van der Waals surface area contributed by atoms with Crippen molar-refractivity contribution in [1.29, 1.82) is 0 Å². The number of ketones is 1. The Morgan fingerprint density at radius 1 is 0.818 bits per heavy atom. The van der Waals surface area contributed by atoms with E-state index < -0.39 is 0 Å². The highest BCUT2D eigenvalue weighted by Crippen LogP contribution is 2.32. The summed E-state index contributed by atoms with van der Waals surface area (Å²) < 4.78 is 12.1. The highest BCUT2D eigenvalue weighted by Gasteiger charge is 2.20. The summed E-state index contributed by atoms with van der Waals surface area (Å²) in [7, 11) is 0. The van der Waals surface area contributed by atoms with Crippen LogP contribution in [0.15, 0.2) is 94.1 Å². The molecule has 0 bridgehead atoms. The molecule has 33 heavy (non-hydrogen) atoms. The maximum atomic E-state index is 13.5. The van der Waals surface area contributed by atoms with Gasteiger partial charge in [-0.25, -0.2) is 0 Å². The van der Waals surface area contributed by atoms with E-state index in [1.807, 2.05) is 92.7 Å². The zero-order valence-corrected chi connectivity index (χ0v) is 18.4. The number of aryl methyl sites for hydroxylation is 2. The first-order chi connectivity index (χ1) is 16.0. The quantitative estimate of drug-likeness (QED) is 0.297. The van der Waals surface area contributed by atoms with Gasteiger partial charge in [0.15, 0.2) is 12.4 Å². The Balaban J connectivity index is 1.59. The van der Waals surface area contributed by atoms with Gasteiger partial charge in [0, 0.05) is 11.1 Å². The summed E-state index contributed by atoms with van der Waals surface area (Å²) in [5, 5.41) is 2.27. The fourth-order valence-corrected chi connectivity index (χ4v) is 4.03. The van der Waals surface area contributed by atoms with Gasteiger partial charge in [-0.3, -0.25) is 9.59 Å². The van der Waals surface area contributed by atoms with Crippen LogP contribution < -0.4 is 10.2 Å². The lowest BCUT2D eigenvalue weighted by molar-refractivity contribution is 0.0922. The molecule has 0 aliphatic heterocycles. The van der Waals surface area contributed by atoms with Crippen LogP contribution in [0.4, 0.5) is 0 Å². The van der Waals surface area contributed by atoms with E-state index >= 15 is 0 Å². The molecule has 5 rings (SSSR count). The fraction of sp³-hybridized carbons (Fsp3) is 0.103. The maximum Gasteiger partial charge on any atom is 0.235 e. The summed E-state index contributed by atoms with van der Waals surface area (Å²) >= 11 is 0. The number of carbonyl (C=O) groups is 1. The fourth-order valence-electron chi connectivity index (χ4n) is 4.03. The van der Waals surface area contributed by atoms with Gasteiger partial charge in [-0.05, 0) is 47.9 Å². The molecular weight excluding hydrogens is 412 g/mol. The Kier molecular flexibility index (Phi) is 5.27. The third kappa shape index (κ3) is 3.80. The average Bonchev–Trinajstić information content (AvgIpc) is 2.84. The van der Waals surface area contributed by atoms with Crippen molar-refractivity contribution < 1.29 is 13.9 Å². The second-order valence-electron chi connectivity index (χ2n) is 8.13. The molecule has 5 aromatic rings. The van der Waals surface area contributed by atoms with Crippen molar-refractivity contribution in [2.45, 2.75) is 13.8 Å². The molecule has 0 radical (unpaired) electrons. The molecule has 0 saturated carbocycles. The standard InChI is InChI=1S/C29H22O4/c1-18-15-24-26(16-19(18)2)33-28(21-10-4-3-5-11-21)29(27(24)31)32-17-25(30)23-14-8-12-20-9-6-7-13-22(20)23/h3-16H,17H2,1-2H3. The SMILES string of the molecule is Cc1cc2oc(-c3ccccc3)c(OCC(=O)c3cccc4ccccc34)c(=O)c2cc1C. The summed E-state index contributed by atoms with van der Waals surface area (Å²) in [6.45, 7) is 3.66. The number of ether oxygens (including phenoxy) is 1. The van der Waals surface area contributed by atoms with E-state index in [9.17, 15) is 9.59 Å². The summed E-state index contributed by atoms with van der Waals surface area (Å²) in [5.41, 5.74) is 3.50. The Labute approximate surface area is 191 Å². The minimum absolute atomic E-state index is 0.0468. The number of fused-ring (bicyclic) bond motifs is 2. The lowest BCUT2D eigenvalue weighted by Gasteiger charge is -2.13. The van der Waals surface area contributed by atoms with E-state index in [1.54, 1.807) is 6.07 Å². The first kappa shape index (κ1) is 20.7. The average molecular weight is 434 g/mol. The molecule has 0 unspecified atom stereocenters. The molecule has 4 aromatic carbocycles. The first-order valence-electron chi connectivity index (χ1n) is 10.8. The van der Waals surface area contributed by atoms with Crippen molar-refractivity contribution in [1.82, 2.24) is 0 Å². The van der Waals surface area contributed by atoms with E-state index in [4.69, 9.17) is 9.15 Å². The molecule has 1 aromatic heterocycles. The van der Waals surface area contributed by atoms with Crippen LogP contribution in [0.2, 0.25) is 0 Å². The summed E-state index contributed by atoms with van der Waals surface area (Å²) in [6.07, 6.45) is 0. The number of rotatable bonds is 5. The maximum absolute atomic E-state index is 13.5. The minimum Gasteiger partial charge on any atom is -0.478 e. The van der Waals surface area contributed by atoms with Gasteiger partial charge >= 0.3 is 0 Å². The number of hydrogen-bond donors (Lipinski definition) is 0. The molecule has 0 atom stereocenters. The Morgan fingerprint density at radius 3 is 2.33 bits per heavy atom. The lowest BCUT2D eigenvalue weighted by Crippen LogP contribution is -2.17. The van der Waals surface area contributed by atoms with Crippen LogP contribution >= 0.6 is 0 Å². The van der Waals surface area contributed by atoms with Crippen LogP contribution in [-0.2, 0) is 0 Å². The molecule has 0 saturated heterocycles. The van der Waals surface area contributed by atoms with Crippen LogP contribution in [0.5, 0.6) is 5.75 Å². The lowest BCUT2D eigenvalue weighted by atomic mass is 10.0. The zero-order valence-electron chi connectivity index (χ0n) is 18.4. The predicted molar refractivity (Wildman–Crippen MR) is 131 cm³/mol. The van der Waals surface area contributed by atoms with Crippen LogP contribution in [0.3, 0.4) is 0 Å². The van der Waals surface area contributed by atoms with Gasteiger partial charge in [0.2, 0.25) is 17.0 Å². The topological polar surface area (TPSA) is 56.5 Å². The molecule has 0 N–H and O–H groups in total. The molecular formula is C29H22O4. The third-order valence-electron chi connectivity index (χ3n) is 5.94. The zero-order chi connectivity index (χ0) is 22.9. The van der Waals surface area contributed by atoms with Crippen molar-refractivity contribution >= 4 is 27.5 Å². The normalized spacial score (nSPS) is 11.1. The molecule has 4 nitrogen and oxygen atoms in total. The van der Waals surface area contributed by atoms with Crippen molar-refractivity contribution in [3.63, 3.8) is 0 Å². The Morgan fingerprint density at radius 2 is 1.52 bits per heavy atom. The van der Waals surface area contributed by atoms with Crippen molar-refractivity contribution in [3.05, 3.63) is 112 Å². The summed E-state index contributed by atoms with van der Waals surface area (Å²) in [6, 6.07) is 26.3. The van der Waals surface area contributed by atoms with Gasteiger partial charge < -0.3 is 9.15 Å². The van der Waals surface area contributed by atoms with Crippen LogP contribution in [0.25, 0.3) is 33.1 Å². The molecule has 4 heteroatoms.